The Morgan fingerprint density at radius 1 is 1.17 bits per heavy atom. The van der Waals surface area contributed by atoms with Crippen LogP contribution in [0.2, 0.25) is 0 Å². The average Bonchev–Trinajstić information content (AvgIpc) is 2.65. The minimum atomic E-state index is -0.0281. The van der Waals surface area contributed by atoms with Crippen LogP contribution >= 0.6 is 0 Å². The van der Waals surface area contributed by atoms with Crippen LogP contribution in [0, 0.1) is 0 Å². The van der Waals surface area contributed by atoms with E-state index in [2.05, 4.69) is 24.1 Å². The molecule has 2 unspecified atom stereocenters. The molecule has 0 spiro atoms. The molecule has 1 heterocycles. The number of nitrogens with zero attached hydrogens (tertiary/aromatic N) is 1. The Morgan fingerprint density at radius 2 is 1.78 bits per heavy atom. The predicted octanol–water partition coefficient (Wildman–Crippen LogP) is 2.95. The molecule has 18 heavy (non-hydrogen) atoms. The van der Waals surface area contributed by atoms with E-state index in [0.717, 1.165) is 25.9 Å². The molecule has 1 aliphatic heterocycles. The van der Waals surface area contributed by atoms with E-state index in [0.29, 0.717) is 11.9 Å². The zero-order valence-corrected chi connectivity index (χ0v) is 12.4. The highest BCUT2D eigenvalue weighted by Crippen LogP contribution is 2.11. The number of carbonyl (C=O) groups is 1. The van der Waals surface area contributed by atoms with Crippen LogP contribution in [0.15, 0.2) is 0 Å². The Morgan fingerprint density at radius 3 is 2.28 bits per heavy atom. The highest BCUT2D eigenvalue weighted by Gasteiger charge is 2.22. The van der Waals surface area contributed by atoms with Gasteiger partial charge in [0.2, 0.25) is 5.91 Å². The smallest absolute Gasteiger partial charge is 0.239 e. The molecule has 0 radical (unpaired) electrons. The summed E-state index contributed by atoms with van der Waals surface area (Å²) in [5, 5.41) is 3.49. The van der Waals surface area contributed by atoms with Gasteiger partial charge in [-0.25, -0.2) is 0 Å². The lowest BCUT2D eigenvalue weighted by atomic mass is 10.1. The summed E-state index contributed by atoms with van der Waals surface area (Å²) in [6.45, 7) is 8.32. The number of likely N-dealkylation sites (tertiary alicyclic amines) is 1. The summed E-state index contributed by atoms with van der Waals surface area (Å²) in [6.07, 6.45) is 8.34. The van der Waals surface area contributed by atoms with Gasteiger partial charge in [-0.1, -0.05) is 33.1 Å². The van der Waals surface area contributed by atoms with Gasteiger partial charge >= 0.3 is 0 Å². The maximum absolute atomic E-state index is 12.4. The fourth-order valence-corrected chi connectivity index (χ4v) is 2.74. The van der Waals surface area contributed by atoms with Crippen LogP contribution in [0.3, 0.4) is 0 Å². The number of nitrogens with one attached hydrogen (secondary N) is 1. The Kier molecular flexibility index (Phi) is 7.33. The fourth-order valence-electron chi connectivity index (χ4n) is 2.74. The van der Waals surface area contributed by atoms with E-state index in [4.69, 9.17) is 0 Å². The summed E-state index contributed by atoms with van der Waals surface area (Å²) in [5.74, 6) is 0.298. The van der Waals surface area contributed by atoms with Crippen molar-refractivity contribution in [2.45, 2.75) is 77.8 Å². The van der Waals surface area contributed by atoms with Crippen LogP contribution in [0.4, 0.5) is 0 Å². The van der Waals surface area contributed by atoms with Gasteiger partial charge in [0.1, 0.15) is 0 Å². The zero-order chi connectivity index (χ0) is 13.4. The van der Waals surface area contributed by atoms with Crippen LogP contribution in [0.25, 0.3) is 0 Å². The van der Waals surface area contributed by atoms with Crippen molar-refractivity contribution < 1.29 is 4.79 Å². The van der Waals surface area contributed by atoms with Crippen molar-refractivity contribution in [1.29, 1.82) is 0 Å². The highest BCUT2D eigenvalue weighted by atomic mass is 16.2. The summed E-state index contributed by atoms with van der Waals surface area (Å²) >= 11 is 0. The number of hydrogen-bond donors (Lipinski definition) is 1. The molecule has 106 valence electrons. The SMILES string of the molecule is CCCC(CC)NC(C)C(=O)N1CCCCCC1. The molecule has 0 aromatic carbocycles. The standard InChI is InChI=1S/C15H30N2O/c1-4-10-14(5-2)16-13(3)15(18)17-11-8-6-7-9-12-17/h13-14,16H,4-12H2,1-3H3. The number of amides is 1. The van der Waals surface area contributed by atoms with E-state index in [1.54, 1.807) is 0 Å². The molecule has 1 aliphatic rings. The Labute approximate surface area is 112 Å². The van der Waals surface area contributed by atoms with Crippen molar-refractivity contribution in [3.8, 4) is 0 Å². The average molecular weight is 254 g/mol. The van der Waals surface area contributed by atoms with Gasteiger partial charge in [0.15, 0.2) is 0 Å². The number of rotatable bonds is 6. The van der Waals surface area contributed by atoms with Gasteiger partial charge in [0.25, 0.3) is 0 Å². The molecule has 1 amide bonds. The Balaban J connectivity index is 2.43. The lowest BCUT2D eigenvalue weighted by molar-refractivity contribution is -0.133. The maximum Gasteiger partial charge on any atom is 0.239 e. The van der Waals surface area contributed by atoms with Gasteiger partial charge in [-0.3, -0.25) is 4.79 Å². The molecule has 1 N–H and O–H groups in total. The van der Waals surface area contributed by atoms with Gasteiger partial charge in [0.05, 0.1) is 6.04 Å². The Bertz CT molecular complexity index is 235. The third kappa shape index (κ3) is 4.97. The molecule has 1 rings (SSSR count). The first-order chi connectivity index (χ1) is 8.69. The second kappa shape index (κ2) is 8.52. The highest BCUT2D eigenvalue weighted by molar-refractivity contribution is 5.81. The molecule has 3 nitrogen and oxygen atoms in total. The number of carbonyl (C=O) groups excluding carboxylic acids is 1. The summed E-state index contributed by atoms with van der Waals surface area (Å²) in [5.41, 5.74) is 0. The third-order valence-corrected chi connectivity index (χ3v) is 3.90. The van der Waals surface area contributed by atoms with Gasteiger partial charge in [-0.05, 0) is 32.6 Å². The lowest BCUT2D eigenvalue weighted by Gasteiger charge is -2.27. The van der Waals surface area contributed by atoms with E-state index < -0.39 is 0 Å². The summed E-state index contributed by atoms with van der Waals surface area (Å²) in [4.78, 5) is 14.4. The minimum Gasteiger partial charge on any atom is -0.341 e. The number of hydrogen-bond acceptors (Lipinski definition) is 2. The predicted molar refractivity (Wildman–Crippen MR) is 76.6 cm³/mol. The topological polar surface area (TPSA) is 32.3 Å². The van der Waals surface area contributed by atoms with Crippen molar-refractivity contribution >= 4 is 5.91 Å². The van der Waals surface area contributed by atoms with Gasteiger partial charge in [0, 0.05) is 19.1 Å². The second-order valence-corrected chi connectivity index (χ2v) is 5.52. The van der Waals surface area contributed by atoms with Crippen molar-refractivity contribution in [3.63, 3.8) is 0 Å². The summed E-state index contributed by atoms with van der Waals surface area (Å²) in [6, 6.07) is 0.459. The first kappa shape index (κ1) is 15.5. The molecule has 1 saturated heterocycles. The van der Waals surface area contributed by atoms with Gasteiger partial charge < -0.3 is 10.2 Å². The summed E-state index contributed by atoms with van der Waals surface area (Å²) < 4.78 is 0. The normalized spacial score (nSPS) is 20.3. The van der Waals surface area contributed by atoms with E-state index in [9.17, 15) is 4.79 Å². The maximum atomic E-state index is 12.4. The van der Waals surface area contributed by atoms with Crippen molar-refractivity contribution in [3.05, 3.63) is 0 Å². The molecule has 0 aliphatic carbocycles. The lowest BCUT2D eigenvalue weighted by Crippen LogP contribution is -2.48. The van der Waals surface area contributed by atoms with Crippen LogP contribution < -0.4 is 5.32 Å². The van der Waals surface area contributed by atoms with Crippen LogP contribution in [0.5, 0.6) is 0 Å². The molecule has 2 atom stereocenters. The minimum absolute atomic E-state index is 0.0281. The molecule has 0 saturated carbocycles. The fraction of sp³-hybridized carbons (Fsp3) is 0.933. The van der Waals surface area contributed by atoms with E-state index in [1.165, 1.54) is 32.1 Å². The monoisotopic (exact) mass is 254 g/mol. The second-order valence-electron chi connectivity index (χ2n) is 5.52. The molecule has 3 heteroatoms. The van der Waals surface area contributed by atoms with Gasteiger partial charge in [-0.2, -0.15) is 0 Å². The molecule has 0 bridgehead atoms. The van der Waals surface area contributed by atoms with E-state index in [1.807, 2.05) is 6.92 Å². The molecule has 0 aromatic heterocycles. The van der Waals surface area contributed by atoms with E-state index >= 15 is 0 Å². The van der Waals surface area contributed by atoms with Crippen molar-refractivity contribution in [2.75, 3.05) is 13.1 Å². The van der Waals surface area contributed by atoms with Crippen molar-refractivity contribution in [2.24, 2.45) is 0 Å². The van der Waals surface area contributed by atoms with Gasteiger partial charge in [-0.15, -0.1) is 0 Å². The molecule has 0 aromatic rings. The third-order valence-electron chi connectivity index (χ3n) is 3.90. The van der Waals surface area contributed by atoms with Crippen LogP contribution in [-0.2, 0) is 4.79 Å². The van der Waals surface area contributed by atoms with Crippen LogP contribution in [0.1, 0.15) is 65.7 Å². The quantitative estimate of drug-likeness (QED) is 0.790. The zero-order valence-electron chi connectivity index (χ0n) is 12.4. The first-order valence-electron chi connectivity index (χ1n) is 7.73. The molecular formula is C15H30N2O. The van der Waals surface area contributed by atoms with E-state index in [-0.39, 0.29) is 6.04 Å². The molecule has 1 fully saturated rings. The van der Waals surface area contributed by atoms with Crippen LogP contribution in [-0.4, -0.2) is 36.0 Å². The summed E-state index contributed by atoms with van der Waals surface area (Å²) in [7, 11) is 0. The Hall–Kier alpha value is -0.570. The first-order valence-corrected chi connectivity index (χ1v) is 7.73. The molecular weight excluding hydrogens is 224 g/mol. The van der Waals surface area contributed by atoms with Crippen molar-refractivity contribution in [1.82, 2.24) is 10.2 Å². The largest absolute Gasteiger partial charge is 0.341 e.